The molecule has 6 nitrogen and oxygen atoms in total. The second-order valence-corrected chi connectivity index (χ2v) is 7.91. The number of halogens is 5. The number of pyridine rings is 1. The zero-order chi connectivity index (χ0) is 23.3. The molecule has 2 aromatic heterocycles. The lowest BCUT2D eigenvalue weighted by molar-refractivity contribution is -0.153. The lowest BCUT2D eigenvalue weighted by atomic mass is 10.2. The van der Waals surface area contributed by atoms with Gasteiger partial charge in [0.15, 0.2) is 22.7 Å². The predicted molar refractivity (Wildman–Crippen MR) is 118 cm³/mol. The quantitative estimate of drug-likeness (QED) is 0.358. The van der Waals surface area contributed by atoms with Crippen LogP contribution in [-0.2, 0) is 13.2 Å². The second-order valence-electron chi connectivity index (χ2n) is 6.78. The van der Waals surface area contributed by atoms with Crippen LogP contribution in [0.25, 0.3) is 0 Å². The fourth-order valence-electron chi connectivity index (χ4n) is 2.74. The average molecular weight is 532 g/mol. The summed E-state index contributed by atoms with van der Waals surface area (Å²) < 4.78 is 49.3. The van der Waals surface area contributed by atoms with Gasteiger partial charge in [0.2, 0.25) is 0 Å². The summed E-state index contributed by atoms with van der Waals surface area (Å²) >= 11 is 9.51. The van der Waals surface area contributed by atoms with E-state index in [-0.39, 0.29) is 29.3 Å². The minimum absolute atomic E-state index is 0.0774. The van der Waals surface area contributed by atoms with E-state index in [9.17, 15) is 13.2 Å². The fraction of sp³-hybridized carbons (Fsp3) is 0.286. The maximum atomic E-state index is 12.8. The van der Waals surface area contributed by atoms with E-state index in [1.165, 1.54) is 6.07 Å². The zero-order valence-corrected chi connectivity index (χ0v) is 19.5. The van der Waals surface area contributed by atoms with Crippen LogP contribution in [0.1, 0.15) is 22.8 Å². The maximum Gasteiger partial charge on any atom is 0.422 e. The molecule has 0 fully saturated rings. The van der Waals surface area contributed by atoms with Crippen molar-refractivity contribution >= 4 is 33.3 Å². The van der Waals surface area contributed by atoms with E-state index in [1.54, 1.807) is 13.8 Å². The highest BCUT2D eigenvalue weighted by Gasteiger charge is 2.29. The molecule has 0 saturated heterocycles. The van der Waals surface area contributed by atoms with Crippen LogP contribution >= 0.6 is 27.5 Å². The Morgan fingerprint density at radius 3 is 2.47 bits per heavy atom. The van der Waals surface area contributed by atoms with Gasteiger partial charge in [-0.2, -0.15) is 13.2 Å². The topological polar surface area (TPSA) is 69.2 Å². The number of hydrogen-bond donors (Lipinski definition) is 1. The van der Waals surface area contributed by atoms with Crippen molar-refractivity contribution < 1.29 is 22.6 Å². The lowest BCUT2D eigenvalue weighted by Gasteiger charge is -2.17. The summed E-state index contributed by atoms with van der Waals surface area (Å²) in [6, 6.07) is 10.6. The van der Waals surface area contributed by atoms with E-state index in [0.717, 1.165) is 5.56 Å². The summed E-state index contributed by atoms with van der Waals surface area (Å²) in [4.78, 5) is 12.8. The molecule has 0 spiro atoms. The standard InChI is InChI=1S/C21H19BrClF3N4O2/c1-12-17(23)20(29-13(2)28-12)27-9-15-8-16(32-11-21(24,25)26)18(19(22)30-15)31-10-14-6-4-3-5-7-14/h3-8H,9-11H2,1-2H3,(H,27,28,29). The number of aromatic nitrogens is 3. The number of nitrogens with one attached hydrogen (secondary N) is 1. The molecular weight excluding hydrogens is 513 g/mol. The van der Waals surface area contributed by atoms with Crippen LogP contribution in [0.15, 0.2) is 41.0 Å². The molecule has 0 aliphatic carbocycles. The normalized spacial score (nSPS) is 11.3. The first-order valence-corrected chi connectivity index (χ1v) is 10.6. The van der Waals surface area contributed by atoms with Crippen molar-refractivity contribution in [1.29, 1.82) is 0 Å². The first-order chi connectivity index (χ1) is 15.1. The lowest BCUT2D eigenvalue weighted by Crippen LogP contribution is -2.20. The average Bonchev–Trinajstić information content (AvgIpc) is 2.73. The number of aryl methyl sites for hydroxylation is 2. The van der Waals surface area contributed by atoms with Crippen LogP contribution in [0.3, 0.4) is 0 Å². The third-order valence-electron chi connectivity index (χ3n) is 4.13. The Morgan fingerprint density at radius 2 is 1.78 bits per heavy atom. The molecule has 0 aliphatic heterocycles. The number of benzene rings is 1. The first kappa shape index (κ1) is 24.1. The Morgan fingerprint density at radius 1 is 1.06 bits per heavy atom. The Balaban J connectivity index is 1.83. The molecule has 1 N–H and O–H groups in total. The van der Waals surface area contributed by atoms with Gasteiger partial charge >= 0.3 is 6.18 Å². The Kier molecular flexibility index (Phi) is 7.78. The largest absolute Gasteiger partial charge is 0.482 e. The Labute approximate surface area is 196 Å². The van der Waals surface area contributed by atoms with Crippen molar-refractivity contribution in [2.75, 3.05) is 11.9 Å². The molecule has 0 unspecified atom stereocenters. The smallest absolute Gasteiger partial charge is 0.422 e. The van der Waals surface area contributed by atoms with Gasteiger partial charge in [0.25, 0.3) is 0 Å². The van der Waals surface area contributed by atoms with E-state index >= 15 is 0 Å². The SMILES string of the molecule is Cc1nc(C)c(Cl)c(NCc2cc(OCC(F)(F)F)c(OCc3ccccc3)c(Br)n2)n1. The molecule has 0 bridgehead atoms. The van der Waals surface area contributed by atoms with Gasteiger partial charge in [0.05, 0.1) is 17.9 Å². The molecule has 2 heterocycles. The molecule has 170 valence electrons. The van der Waals surface area contributed by atoms with Crippen molar-refractivity contribution in [1.82, 2.24) is 15.0 Å². The Bertz CT molecular complexity index is 1080. The number of rotatable bonds is 8. The third-order valence-corrected chi connectivity index (χ3v) is 5.12. The van der Waals surface area contributed by atoms with Crippen molar-refractivity contribution in [2.45, 2.75) is 33.2 Å². The Hall–Kier alpha value is -2.59. The number of alkyl halides is 3. The molecule has 3 rings (SSSR count). The van der Waals surface area contributed by atoms with Crippen molar-refractivity contribution in [3.05, 3.63) is 68.8 Å². The van der Waals surface area contributed by atoms with E-state index in [4.69, 9.17) is 21.1 Å². The van der Waals surface area contributed by atoms with E-state index in [1.807, 2.05) is 30.3 Å². The highest BCUT2D eigenvalue weighted by molar-refractivity contribution is 9.10. The molecule has 0 radical (unpaired) electrons. The van der Waals surface area contributed by atoms with Crippen molar-refractivity contribution in [3.63, 3.8) is 0 Å². The van der Waals surface area contributed by atoms with Gasteiger partial charge < -0.3 is 14.8 Å². The van der Waals surface area contributed by atoms with Gasteiger partial charge in [-0.1, -0.05) is 41.9 Å². The minimum atomic E-state index is -4.51. The summed E-state index contributed by atoms with van der Waals surface area (Å²) in [6.07, 6.45) is -4.51. The van der Waals surface area contributed by atoms with Crippen LogP contribution in [-0.4, -0.2) is 27.7 Å². The number of anilines is 1. The minimum Gasteiger partial charge on any atom is -0.482 e. The molecule has 11 heteroatoms. The highest BCUT2D eigenvalue weighted by Crippen LogP contribution is 2.36. The van der Waals surface area contributed by atoms with Crippen LogP contribution in [0.2, 0.25) is 5.02 Å². The zero-order valence-electron chi connectivity index (χ0n) is 17.1. The molecule has 32 heavy (non-hydrogen) atoms. The monoisotopic (exact) mass is 530 g/mol. The van der Waals surface area contributed by atoms with E-state index < -0.39 is 12.8 Å². The van der Waals surface area contributed by atoms with Gasteiger partial charge in [-0.25, -0.2) is 15.0 Å². The van der Waals surface area contributed by atoms with E-state index in [0.29, 0.717) is 28.1 Å². The number of nitrogens with zero attached hydrogens (tertiary/aromatic N) is 3. The molecule has 0 aliphatic rings. The molecular formula is C21H19BrClF3N4O2. The molecule has 0 amide bonds. The summed E-state index contributed by atoms with van der Waals surface area (Å²) in [5.41, 5.74) is 1.84. The van der Waals surface area contributed by atoms with Gasteiger partial charge in [0.1, 0.15) is 23.3 Å². The van der Waals surface area contributed by atoms with Gasteiger partial charge in [-0.05, 0) is 35.3 Å². The number of hydrogen-bond acceptors (Lipinski definition) is 6. The predicted octanol–water partition coefficient (Wildman–Crippen LogP) is 6.04. The van der Waals surface area contributed by atoms with Gasteiger partial charge in [0, 0.05) is 6.07 Å². The molecule has 3 aromatic rings. The van der Waals surface area contributed by atoms with Crippen LogP contribution in [0.5, 0.6) is 11.5 Å². The summed E-state index contributed by atoms with van der Waals surface area (Å²) in [6.45, 7) is 2.28. The first-order valence-electron chi connectivity index (χ1n) is 9.42. The summed E-state index contributed by atoms with van der Waals surface area (Å²) in [5, 5.41) is 3.38. The maximum absolute atomic E-state index is 12.8. The molecule has 0 saturated carbocycles. The van der Waals surface area contributed by atoms with Crippen LogP contribution in [0, 0.1) is 13.8 Å². The van der Waals surface area contributed by atoms with Crippen molar-refractivity contribution in [2.24, 2.45) is 0 Å². The van der Waals surface area contributed by atoms with Crippen LogP contribution < -0.4 is 14.8 Å². The third kappa shape index (κ3) is 6.70. The van der Waals surface area contributed by atoms with Crippen molar-refractivity contribution in [3.8, 4) is 11.5 Å². The molecule has 1 aromatic carbocycles. The fourth-order valence-corrected chi connectivity index (χ4v) is 3.42. The van der Waals surface area contributed by atoms with E-state index in [2.05, 4.69) is 36.2 Å². The number of ether oxygens (including phenoxy) is 2. The van der Waals surface area contributed by atoms with Gasteiger partial charge in [-0.15, -0.1) is 0 Å². The second kappa shape index (κ2) is 10.4. The summed E-state index contributed by atoms with van der Waals surface area (Å²) in [7, 11) is 0. The molecule has 0 atom stereocenters. The summed E-state index contributed by atoms with van der Waals surface area (Å²) in [5.74, 6) is 0.922. The van der Waals surface area contributed by atoms with Gasteiger partial charge in [-0.3, -0.25) is 0 Å². The highest BCUT2D eigenvalue weighted by atomic mass is 79.9. The van der Waals surface area contributed by atoms with Crippen LogP contribution in [0.4, 0.5) is 19.0 Å².